The van der Waals surface area contributed by atoms with Crippen LogP contribution in [0.3, 0.4) is 0 Å². The van der Waals surface area contributed by atoms with Crippen molar-refractivity contribution in [3.63, 3.8) is 0 Å². The summed E-state index contributed by atoms with van der Waals surface area (Å²) in [5.74, 6) is 0.0775. The first-order valence-corrected chi connectivity index (χ1v) is 5.97. The van der Waals surface area contributed by atoms with E-state index in [0.717, 1.165) is 18.7 Å². The lowest BCUT2D eigenvalue weighted by atomic mass is 10.1. The minimum absolute atomic E-state index is 0.00628. The summed E-state index contributed by atoms with van der Waals surface area (Å²) in [6.45, 7) is 2.20. The predicted molar refractivity (Wildman–Crippen MR) is 62.4 cm³/mol. The molecule has 0 fully saturated rings. The number of nitrogens with one attached hydrogen (secondary N) is 1. The van der Waals surface area contributed by atoms with E-state index in [9.17, 15) is 4.79 Å². The molecule has 0 aliphatic carbocycles. The molecule has 0 unspecified atom stereocenters. The normalized spacial score (nSPS) is 10.6. The maximum atomic E-state index is 10.5. The number of aromatic amines is 1. The quantitative estimate of drug-likeness (QED) is 0.667. The van der Waals surface area contributed by atoms with Crippen LogP contribution in [0, 0.1) is 0 Å². The van der Waals surface area contributed by atoms with E-state index in [1.165, 1.54) is 25.7 Å². The van der Waals surface area contributed by atoms with Crippen LogP contribution in [-0.2, 0) is 17.6 Å². The number of carboxylic acids is 1. The van der Waals surface area contributed by atoms with Crippen molar-refractivity contribution in [3.05, 3.63) is 17.7 Å². The van der Waals surface area contributed by atoms with Gasteiger partial charge in [-0.05, 0) is 6.42 Å². The molecular weight excluding hydrogens is 204 g/mol. The number of aliphatic carboxylic acids is 1. The first-order chi connectivity index (χ1) is 7.72. The van der Waals surface area contributed by atoms with E-state index in [2.05, 4.69) is 16.9 Å². The molecule has 1 heterocycles. The number of H-pyrrole nitrogens is 1. The highest BCUT2D eigenvalue weighted by atomic mass is 16.4. The van der Waals surface area contributed by atoms with Crippen LogP contribution in [-0.4, -0.2) is 21.0 Å². The van der Waals surface area contributed by atoms with Crippen molar-refractivity contribution in [3.8, 4) is 0 Å². The van der Waals surface area contributed by atoms with Gasteiger partial charge in [-0.3, -0.25) is 4.79 Å². The van der Waals surface area contributed by atoms with Gasteiger partial charge in [0, 0.05) is 12.6 Å². The average molecular weight is 224 g/mol. The van der Waals surface area contributed by atoms with Gasteiger partial charge in [0.1, 0.15) is 5.82 Å². The number of rotatable bonds is 8. The lowest BCUT2D eigenvalue weighted by Gasteiger charge is -1.97. The summed E-state index contributed by atoms with van der Waals surface area (Å²) >= 11 is 0. The summed E-state index contributed by atoms with van der Waals surface area (Å²) < 4.78 is 0. The maximum absolute atomic E-state index is 10.5. The Hall–Kier alpha value is -1.32. The molecule has 0 saturated carbocycles. The van der Waals surface area contributed by atoms with Gasteiger partial charge in [-0.1, -0.05) is 32.6 Å². The Kier molecular flexibility index (Phi) is 5.61. The van der Waals surface area contributed by atoms with E-state index in [1.807, 2.05) is 0 Å². The van der Waals surface area contributed by atoms with Crippen LogP contribution in [0.15, 0.2) is 6.20 Å². The maximum Gasteiger partial charge on any atom is 0.309 e. The molecule has 0 aliphatic rings. The molecule has 1 rings (SSSR count). The van der Waals surface area contributed by atoms with Crippen LogP contribution < -0.4 is 0 Å². The molecule has 0 aromatic carbocycles. The summed E-state index contributed by atoms with van der Waals surface area (Å²) in [5, 5.41) is 8.60. The zero-order chi connectivity index (χ0) is 11.8. The van der Waals surface area contributed by atoms with Gasteiger partial charge in [0.25, 0.3) is 0 Å². The number of nitrogens with zero attached hydrogens (tertiary/aromatic N) is 1. The van der Waals surface area contributed by atoms with Gasteiger partial charge < -0.3 is 10.1 Å². The highest BCUT2D eigenvalue weighted by Crippen LogP contribution is 2.07. The molecule has 1 aromatic rings. The van der Waals surface area contributed by atoms with Crippen molar-refractivity contribution in [2.75, 3.05) is 0 Å². The summed E-state index contributed by atoms with van der Waals surface area (Å²) in [5.41, 5.74) is 0.621. The smallest absolute Gasteiger partial charge is 0.309 e. The van der Waals surface area contributed by atoms with Crippen molar-refractivity contribution >= 4 is 5.97 Å². The highest BCUT2D eigenvalue weighted by molar-refractivity contribution is 5.69. The molecule has 2 N–H and O–H groups in total. The molecular formula is C12H20N2O2. The predicted octanol–water partition coefficient (Wildman–Crippen LogP) is 2.55. The largest absolute Gasteiger partial charge is 0.481 e. The minimum Gasteiger partial charge on any atom is -0.481 e. The number of carbonyl (C=O) groups is 1. The van der Waals surface area contributed by atoms with Crippen molar-refractivity contribution in [2.45, 2.75) is 51.9 Å². The Morgan fingerprint density at radius 3 is 2.81 bits per heavy atom. The molecule has 0 aliphatic heterocycles. The monoisotopic (exact) mass is 224 g/mol. The van der Waals surface area contributed by atoms with Gasteiger partial charge in [0.2, 0.25) is 0 Å². The lowest BCUT2D eigenvalue weighted by Crippen LogP contribution is -2.00. The van der Waals surface area contributed by atoms with Gasteiger partial charge in [-0.15, -0.1) is 0 Å². The molecule has 0 radical (unpaired) electrons. The first-order valence-electron chi connectivity index (χ1n) is 5.97. The Morgan fingerprint density at radius 1 is 1.38 bits per heavy atom. The third-order valence-corrected chi connectivity index (χ3v) is 2.53. The number of carboxylic acid groups (broad SMARTS) is 1. The number of hydrogen-bond acceptors (Lipinski definition) is 2. The number of imidazole rings is 1. The number of hydrogen-bond donors (Lipinski definition) is 2. The number of unbranched alkanes of at least 4 members (excludes halogenated alkanes) is 4. The van der Waals surface area contributed by atoms with E-state index in [0.29, 0.717) is 5.69 Å². The van der Waals surface area contributed by atoms with Crippen LogP contribution >= 0.6 is 0 Å². The minimum atomic E-state index is -0.832. The standard InChI is InChI=1S/C12H20N2O2/c1-2-3-4-5-6-7-11-13-9-10(14-11)8-12(15)16/h9H,2-8H2,1H3,(H,13,14)(H,15,16). The molecule has 90 valence electrons. The van der Waals surface area contributed by atoms with Crippen molar-refractivity contribution in [1.29, 1.82) is 0 Å². The first kappa shape index (κ1) is 12.7. The number of aromatic nitrogens is 2. The fourth-order valence-electron chi connectivity index (χ4n) is 1.67. The van der Waals surface area contributed by atoms with Gasteiger partial charge in [0.05, 0.1) is 12.1 Å². The Balaban J connectivity index is 2.21. The summed E-state index contributed by atoms with van der Waals surface area (Å²) in [6.07, 6.45) is 8.79. The molecule has 4 nitrogen and oxygen atoms in total. The van der Waals surface area contributed by atoms with Gasteiger partial charge in [-0.2, -0.15) is 0 Å². The summed E-state index contributed by atoms with van der Waals surface area (Å²) in [4.78, 5) is 17.7. The third kappa shape index (κ3) is 4.96. The molecule has 0 saturated heterocycles. The second-order valence-electron chi connectivity index (χ2n) is 4.07. The van der Waals surface area contributed by atoms with E-state index < -0.39 is 5.97 Å². The Morgan fingerprint density at radius 2 is 2.12 bits per heavy atom. The number of aryl methyl sites for hydroxylation is 1. The average Bonchev–Trinajstić information content (AvgIpc) is 2.64. The van der Waals surface area contributed by atoms with Gasteiger partial charge in [0.15, 0.2) is 0 Å². The van der Waals surface area contributed by atoms with Crippen LogP contribution in [0.1, 0.15) is 50.5 Å². The van der Waals surface area contributed by atoms with Crippen LogP contribution in [0.4, 0.5) is 0 Å². The zero-order valence-corrected chi connectivity index (χ0v) is 9.83. The van der Waals surface area contributed by atoms with Gasteiger partial charge in [-0.25, -0.2) is 4.98 Å². The van der Waals surface area contributed by atoms with Crippen LogP contribution in [0.2, 0.25) is 0 Å². The second kappa shape index (κ2) is 7.04. The van der Waals surface area contributed by atoms with Crippen molar-refractivity contribution < 1.29 is 9.90 Å². The molecule has 0 bridgehead atoms. The molecule has 4 heteroatoms. The van der Waals surface area contributed by atoms with E-state index in [4.69, 9.17) is 5.11 Å². The van der Waals surface area contributed by atoms with Crippen LogP contribution in [0.5, 0.6) is 0 Å². The highest BCUT2D eigenvalue weighted by Gasteiger charge is 2.05. The van der Waals surface area contributed by atoms with E-state index >= 15 is 0 Å². The van der Waals surface area contributed by atoms with Gasteiger partial charge >= 0.3 is 5.97 Å². The molecule has 16 heavy (non-hydrogen) atoms. The van der Waals surface area contributed by atoms with E-state index in [-0.39, 0.29) is 6.42 Å². The second-order valence-corrected chi connectivity index (χ2v) is 4.07. The molecule has 1 aromatic heterocycles. The third-order valence-electron chi connectivity index (χ3n) is 2.53. The summed E-state index contributed by atoms with van der Waals surface area (Å²) in [7, 11) is 0. The fourth-order valence-corrected chi connectivity index (χ4v) is 1.67. The Labute approximate surface area is 96.1 Å². The SMILES string of the molecule is CCCCCCCc1nc(CC(=O)O)c[nH]1. The van der Waals surface area contributed by atoms with Crippen LogP contribution in [0.25, 0.3) is 0 Å². The molecule has 0 amide bonds. The molecule has 0 atom stereocenters. The fraction of sp³-hybridized carbons (Fsp3) is 0.667. The molecule has 0 spiro atoms. The zero-order valence-electron chi connectivity index (χ0n) is 9.83. The summed E-state index contributed by atoms with van der Waals surface area (Å²) in [6, 6.07) is 0. The Bertz CT molecular complexity index is 321. The lowest BCUT2D eigenvalue weighted by molar-refractivity contribution is -0.136. The van der Waals surface area contributed by atoms with Crippen molar-refractivity contribution in [1.82, 2.24) is 9.97 Å². The topological polar surface area (TPSA) is 66.0 Å². The van der Waals surface area contributed by atoms with E-state index in [1.54, 1.807) is 6.20 Å². The van der Waals surface area contributed by atoms with Crippen molar-refractivity contribution in [2.24, 2.45) is 0 Å².